The van der Waals surface area contributed by atoms with E-state index < -0.39 is 9.84 Å². The maximum absolute atomic E-state index is 12.2. The number of hydrogen-bond acceptors (Lipinski definition) is 3. The molecule has 0 unspecified atom stereocenters. The summed E-state index contributed by atoms with van der Waals surface area (Å²) in [6.07, 6.45) is 0. The van der Waals surface area contributed by atoms with Gasteiger partial charge >= 0.3 is 0 Å². The third kappa shape index (κ3) is 3.41. The Morgan fingerprint density at radius 2 is 1.53 bits per heavy atom. The minimum Gasteiger partial charge on any atom is -0.398 e. The molecule has 0 aliphatic heterocycles. The molecular formula is C13H11Cl2NO2S. The number of nitrogens with two attached hydrogens (primary N) is 1. The van der Waals surface area contributed by atoms with Gasteiger partial charge in [0.15, 0.2) is 9.84 Å². The molecule has 2 N–H and O–H groups in total. The van der Waals surface area contributed by atoms with Gasteiger partial charge in [0.25, 0.3) is 0 Å². The van der Waals surface area contributed by atoms with E-state index in [0.29, 0.717) is 21.3 Å². The van der Waals surface area contributed by atoms with Gasteiger partial charge in [-0.15, -0.1) is 0 Å². The monoisotopic (exact) mass is 315 g/mol. The molecule has 0 spiro atoms. The van der Waals surface area contributed by atoms with Crippen LogP contribution < -0.4 is 5.73 Å². The summed E-state index contributed by atoms with van der Waals surface area (Å²) in [6, 6.07) is 10.8. The first-order chi connectivity index (χ1) is 8.88. The predicted octanol–water partition coefficient (Wildman–Crippen LogP) is 3.55. The smallest absolute Gasteiger partial charge is 0.182 e. The normalized spacial score (nSPS) is 11.5. The number of benzene rings is 2. The molecule has 0 aromatic heterocycles. The molecule has 0 saturated heterocycles. The number of anilines is 1. The molecule has 19 heavy (non-hydrogen) atoms. The molecule has 2 rings (SSSR count). The van der Waals surface area contributed by atoms with E-state index in [4.69, 9.17) is 28.9 Å². The largest absolute Gasteiger partial charge is 0.398 e. The summed E-state index contributed by atoms with van der Waals surface area (Å²) < 4.78 is 24.4. The summed E-state index contributed by atoms with van der Waals surface area (Å²) in [4.78, 5) is 0.214. The van der Waals surface area contributed by atoms with Gasteiger partial charge in [0.05, 0.1) is 10.6 Å². The van der Waals surface area contributed by atoms with Crippen LogP contribution in [0.25, 0.3) is 0 Å². The van der Waals surface area contributed by atoms with E-state index in [1.807, 2.05) is 0 Å². The molecule has 3 nitrogen and oxygen atoms in total. The number of sulfone groups is 1. The molecule has 0 bridgehead atoms. The van der Waals surface area contributed by atoms with Crippen molar-refractivity contribution in [1.82, 2.24) is 0 Å². The van der Waals surface area contributed by atoms with Crippen molar-refractivity contribution in [1.29, 1.82) is 0 Å². The minimum atomic E-state index is -3.45. The SMILES string of the molecule is Nc1cc(Cl)ccc1CS(=O)(=O)c1ccc(Cl)cc1. The lowest BCUT2D eigenvalue weighted by molar-refractivity contribution is 0.595. The lowest BCUT2D eigenvalue weighted by Gasteiger charge is -2.08. The van der Waals surface area contributed by atoms with Crippen molar-refractivity contribution in [3.05, 3.63) is 58.1 Å². The van der Waals surface area contributed by atoms with Gasteiger partial charge in [0.1, 0.15) is 0 Å². The summed E-state index contributed by atoms with van der Waals surface area (Å²) in [5.74, 6) is -0.169. The molecule has 2 aromatic rings. The first kappa shape index (κ1) is 14.2. The first-order valence-electron chi connectivity index (χ1n) is 5.41. The Balaban J connectivity index is 2.33. The Hall–Kier alpha value is -1.23. The summed E-state index contributed by atoms with van der Waals surface area (Å²) >= 11 is 11.5. The van der Waals surface area contributed by atoms with Gasteiger partial charge in [-0.2, -0.15) is 0 Å². The first-order valence-corrected chi connectivity index (χ1v) is 7.81. The molecule has 0 amide bonds. The zero-order valence-electron chi connectivity index (χ0n) is 9.81. The van der Waals surface area contributed by atoms with Crippen LogP contribution >= 0.6 is 23.2 Å². The van der Waals surface area contributed by atoms with Crippen molar-refractivity contribution in [2.45, 2.75) is 10.6 Å². The Kier molecular flexibility index (Phi) is 4.04. The van der Waals surface area contributed by atoms with Gasteiger partial charge in [-0.05, 0) is 42.0 Å². The number of nitrogen functional groups attached to an aromatic ring is 1. The fourth-order valence-electron chi connectivity index (χ4n) is 1.63. The zero-order chi connectivity index (χ0) is 14.0. The van der Waals surface area contributed by atoms with Crippen LogP contribution in [0.1, 0.15) is 5.56 Å². The molecule has 0 saturated carbocycles. The fraction of sp³-hybridized carbons (Fsp3) is 0.0769. The third-order valence-corrected chi connectivity index (χ3v) is 4.79. The van der Waals surface area contributed by atoms with Crippen molar-refractivity contribution in [2.75, 3.05) is 5.73 Å². The van der Waals surface area contributed by atoms with Gasteiger partial charge < -0.3 is 5.73 Å². The van der Waals surface area contributed by atoms with Gasteiger partial charge in [-0.1, -0.05) is 29.3 Å². The van der Waals surface area contributed by atoms with E-state index in [1.54, 1.807) is 24.3 Å². The van der Waals surface area contributed by atoms with Gasteiger partial charge in [0.2, 0.25) is 0 Å². The van der Waals surface area contributed by atoms with E-state index in [2.05, 4.69) is 0 Å². The van der Waals surface area contributed by atoms with Crippen molar-refractivity contribution in [3.63, 3.8) is 0 Å². The van der Waals surface area contributed by atoms with Crippen LogP contribution in [0.15, 0.2) is 47.4 Å². The highest BCUT2D eigenvalue weighted by Gasteiger charge is 2.16. The Bertz CT molecular complexity index is 697. The van der Waals surface area contributed by atoms with E-state index in [9.17, 15) is 8.42 Å². The molecule has 6 heteroatoms. The second kappa shape index (κ2) is 5.41. The summed E-state index contributed by atoms with van der Waals surface area (Å²) in [6.45, 7) is 0. The highest BCUT2D eigenvalue weighted by Crippen LogP contribution is 2.24. The summed E-state index contributed by atoms with van der Waals surface area (Å²) in [7, 11) is -3.45. The molecule has 2 aromatic carbocycles. The Morgan fingerprint density at radius 1 is 0.947 bits per heavy atom. The molecule has 0 radical (unpaired) electrons. The number of halogens is 2. The third-order valence-electron chi connectivity index (χ3n) is 2.63. The van der Waals surface area contributed by atoms with Crippen LogP contribution in [0.3, 0.4) is 0 Å². The van der Waals surface area contributed by atoms with E-state index >= 15 is 0 Å². The van der Waals surface area contributed by atoms with E-state index in [1.165, 1.54) is 18.2 Å². The zero-order valence-corrected chi connectivity index (χ0v) is 12.1. The molecule has 0 heterocycles. The highest BCUT2D eigenvalue weighted by atomic mass is 35.5. The van der Waals surface area contributed by atoms with E-state index in [0.717, 1.165) is 0 Å². The fourth-order valence-corrected chi connectivity index (χ4v) is 3.32. The van der Waals surface area contributed by atoms with Gasteiger partial charge in [0, 0.05) is 15.7 Å². The Morgan fingerprint density at radius 3 is 2.11 bits per heavy atom. The van der Waals surface area contributed by atoms with Gasteiger partial charge in [-0.3, -0.25) is 0 Å². The molecular weight excluding hydrogens is 305 g/mol. The van der Waals surface area contributed by atoms with Crippen molar-refractivity contribution >= 4 is 38.7 Å². The minimum absolute atomic E-state index is 0.169. The topological polar surface area (TPSA) is 60.2 Å². The van der Waals surface area contributed by atoms with Crippen LogP contribution in [0.2, 0.25) is 10.0 Å². The Labute approximate surface area is 121 Å². The molecule has 0 atom stereocenters. The average molecular weight is 316 g/mol. The molecule has 0 aliphatic carbocycles. The standard InChI is InChI=1S/C13H11Cl2NO2S/c14-10-3-5-12(6-4-10)19(17,18)8-9-1-2-11(15)7-13(9)16/h1-7H,8,16H2. The summed E-state index contributed by atoms with van der Waals surface area (Å²) in [5.41, 5.74) is 6.65. The predicted molar refractivity (Wildman–Crippen MR) is 78.2 cm³/mol. The van der Waals surface area contributed by atoms with Crippen LogP contribution in [0, 0.1) is 0 Å². The average Bonchev–Trinajstić information content (AvgIpc) is 2.33. The van der Waals surface area contributed by atoms with Crippen molar-refractivity contribution in [3.8, 4) is 0 Å². The lowest BCUT2D eigenvalue weighted by atomic mass is 10.2. The van der Waals surface area contributed by atoms with Crippen LogP contribution in [0.5, 0.6) is 0 Å². The maximum Gasteiger partial charge on any atom is 0.182 e. The van der Waals surface area contributed by atoms with E-state index in [-0.39, 0.29) is 10.6 Å². The van der Waals surface area contributed by atoms with Crippen molar-refractivity contribution in [2.24, 2.45) is 0 Å². The number of hydrogen-bond donors (Lipinski definition) is 1. The quantitative estimate of drug-likeness (QED) is 0.881. The van der Waals surface area contributed by atoms with Crippen LogP contribution in [-0.4, -0.2) is 8.42 Å². The van der Waals surface area contributed by atoms with Gasteiger partial charge in [-0.25, -0.2) is 8.42 Å². The molecule has 0 fully saturated rings. The lowest BCUT2D eigenvalue weighted by Crippen LogP contribution is -2.06. The summed E-state index contributed by atoms with van der Waals surface area (Å²) in [5, 5.41) is 0.968. The highest BCUT2D eigenvalue weighted by molar-refractivity contribution is 7.90. The van der Waals surface area contributed by atoms with Crippen LogP contribution in [-0.2, 0) is 15.6 Å². The van der Waals surface area contributed by atoms with Crippen LogP contribution in [0.4, 0.5) is 5.69 Å². The number of rotatable bonds is 3. The maximum atomic E-state index is 12.2. The van der Waals surface area contributed by atoms with Crippen molar-refractivity contribution < 1.29 is 8.42 Å². The molecule has 100 valence electrons. The second-order valence-electron chi connectivity index (χ2n) is 4.06. The molecule has 0 aliphatic rings. The second-order valence-corrected chi connectivity index (χ2v) is 6.92.